The second kappa shape index (κ2) is 45.4. The van der Waals surface area contributed by atoms with Gasteiger partial charge in [0.05, 0.1) is 17.1 Å². The maximum Gasteiger partial charge on any atom is 2.00 e. The van der Waals surface area contributed by atoms with Crippen molar-refractivity contribution >= 4 is 32.3 Å². The summed E-state index contributed by atoms with van der Waals surface area (Å²) in [6.45, 7) is 38.2. The van der Waals surface area contributed by atoms with E-state index in [1.807, 2.05) is 154 Å². The Kier molecular flexibility index (Phi) is 35.3. The Morgan fingerprint density at radius 1 is 0.279 bits per heavy atom. The number of rotatable bonds is 15. The van der Waals surface area contributed by atoms with E-state index >= 15 is 0 Å². The molecule has 12 aromatic heterocycles. The number of pyridine rings is 6. The Labute approximate surface area is 826 Å². The number of aryl methyl sites for hydroxylation is 3. The molecule has 0 unspecified atom stereocenters. The third-order valence-electron chi connectivity index (χ3n) is 21.8. The Bertz CT molecular complexity index is 6660. The maximum atomic E-state index is 13.0. The van der Waals surface area contributed by atoms with Crippen LogP contribution in [0.4, 0.5) is 39.5 Å². The van der Waals surface area contributed by atoms with Crippen LogP contribution in [-0.2, 0) is 87.1 Å². The van der Waals surface area contributed by atoms with Crippen molar-refractivity contribution in [3.63, 3.8) is 0 Å². The van der Waals surface area contributed by atoms with Gasteiger partial charge in [-0.1, -0.05) is 267 Å². The first-order valence-electron chi connectivity index (χ1n) is 43.3. The van der Waals surface area contributed by atoms with Gasteiger partial charge in [-0.25, -0.2) is 0 Å². The molecule has 708 valence electrons. The molecule has 0 saturated heterocycles. The van der Waals surface area contributed by atoms with Gasteiger partial charge in [0.2, 0.25) is 0 Å². The zero-order valence-electron chi connectivity index (χ0n) is 77.6. The number of fused-ring (bicyclic) bond motifs is 3. The molecule has 0 atom stereocenters. The van der Waals surface area contributed by atoms with E-state index in [4.69, 9.17) is 0 Å². The van der Waals surface area contributed by atoms with E-state index in [2.05, 4.69) is 277 Å². The number of halogens is 9. The fraction of sp³-hybridized carbons (Fsp3) is 0.272. The fourth-order valence-electron chi connectivity index (χ4n) is 15.2. The van der Waals surface area contributed by atoms with Crippen LogP contribution in [0.15, 0.2) is 231 Å². The molecule has 33 heteroatoms. The number of nitrogens with zero attached hydrogens (tertiary/aromatic N) is 21. The van der Waals surface area contributed by atoms with Crippen LogP contribution >= 0.6 is 0 Å². The predicted octanol–water partition coefficient (Wildman–Crippen LogP) is 25.3. The number of hydrogen-bond donors (Lipinski definition) is 0. The van der Waals surface area contributed by atoms with Gasteiger partial charge in [-0.3, -0.25) is 45.2 Å². The van der Waals surface area contributed by atoms with Gasteiger partial charge < -0.3 is 60.8 Å². The van der Waals surface area contributed by atoms with E-state index in [-0.39, 0.29) is 103 Å². The fourth-order valence-corrected chi connectivity index (χ4v) is 15.2. The van der Waals surface area contributed by atoms with Crippen molar-refractivity contribution in [1.29, 1.82) is 0 Å². The van der Waals surface area contributed by atoms with Crippen molar-refractivity contribution in [3.05, 3.63) is 305 Å². The Morgan fingerprint density at radius 3 is 0.919 bits per heavy atom. The molecule has 0 aliphatic carbocycles. The monoisotopic (exact) mass is 2380 g/mol. The quantitative estimate of drug-likeness (QED) is 0.0862. The van der Waals surface area contributed by atoms with E-state index in [9.17, 15) is 39.5 Å². The molecule has 21 nitrogen and oxygen atoms in total. The molecule has 0 saturated carbocycles. The standard InChI is InChI=1S/3C24H22F3N4.C13H16N3.2C9H8N3.3Pt/c2*1-13(2)15-10-7-11-16(14(3)4)20(15)19-12-28-21(18-9-6-5-8-17(18)19)22-29-23(31-30-22)24(25,26)27;1-13(2)17-6-5-7-18(14(3)4)20(17)16-8-9-19-15(12-16)10-11-28-21(19)22-29-23(31-30-22)24(25,26)27;1-9-7-12(16-15-9)11-8-10(5-6-14-11)13(2,3)4;2*1-7-6-9(12-11-7)8-4-2-3-5-10-8;;;/h3*5-14H,1-4H3;5-8H,1-4H3;2*2-6H,1H3;;;/q6*-1;3*+2. The second-order valence-corrected chi connectivity index (χ2v) is 34.7. The first kappa shape index (κ1) is 106. The van der Waals surface area contributed by atoms with Gasteiger partial charge in [0.1, 0.15) is 17.5 Å². The van der Waals surface area contributed by atoms with Crippen LogP contribution < -0.4 is 30.6 Å². The molecule has 0 aliphatic heterocycles. The normalized spacial score (nSPS) is 11.6. The smallest absolute Gasteiger partial charge is 0.574 e. The molecule has 6 aromatic carbocycles. The summed E-state index contributed by atoms with van der Waals surface area (Å²) in [5.74, 6) is -2.28. The topological polar surface area (TPSA) is 278 Å². The van der Waals surface area contributed by atoms with Crippen molar-refractivity contribution in [2.24, 2.45) is 0 Å². The van der Waals surface area contributed by atoms with E-state index in [1.165, 1.54) is 44.5 Å². The summed E-state index contributed by atoms with van der Waals surface area (Å²) in [7, 11) is 0. The van der Waals surface area contributed by atoms with Gasteiger partial charge in [-0.2, -0.15) is 39.5 Å². The van der Waals surface area contributed by atoms with Crippen LogP contribution in [0.2, 0.25) is 0 Å². The Balaban J connectivity index is 0.000000174. The molecule has 0 bridgehead atoms. The van der Waals surface area contributed by atoms with Gasteiger partial charge in [0.15, 0.2) is 0 Å². The third-order valence-corrected chi connectivity index (χ3v) is 21.8. The molecule has 0 N–H and O–H groups in total. The first-order valence-corrected chi connectivity index (χ1v) is 43.3. The number of alkyl halides is 9. The molecule has 0 fully saturated rings. The third kappa shape index (κ3) is 25.2. The molecule has 18 rings (SSSR count). The molecular weight excluding hydrogens is 2290 g/mol. The van der Waals surface area contributed by atoms with E-state index in [0.717, 1.165) is 95.2 Å². The van der Waals surface area contributed by atoms with Crippen molar-refractivity contribution < 1.29 is 103 Å². The van der Waals surface area contributed by atoms with Crippen LogP contribution in [-0.4, -0.2) is 75.4 Å². The summed E-state index contributed by atoms with van der Waals surface area (Å²) in [6, 6.07) is 63.2. The Hall–Kier alpha value is -12.5. The van der Waals surface area contributed by atoms with Crippen molar-refractivity contribution in [2.75, 3.05) is 0 Å². The summed E-state index contributed by atoms with van der Waals surface area (Å²) in [4.78, 5) is 36.6. The van der Waals surface area contributed by atoms with Crippen molar-refractivity contribution in [1.82, 2.24) is 106 Å². The van der Waals surface area contributed by atoms with Crippen LogP contribution in [0.5, 0.6) is 0 Å². The largest absolute Gasteiger partial charge is 2.00 e. The van der Waals surface area contributed by atoms with E-state index < -0.39 is 36.0 Å². The zero-order valence-corrected chi connectivity index (χ0v) is 84.5. The zero-order chi connectivity index (χ0) is 95.5. The van der Waals surface area contributed by atoms with Crippen molar-refractivity contribution in [3.8, 4) is 102 Å². The van der Waals surface area contributed by atoms with E-state index in [0.29, 0.717) is 51.7 Å². The molecule has 18 aromatic rings. The number of aromatic nitrogens is 21. The molecule has 136 heavy (non-hydrogen) atoms. The van der Waals surface area contributed by atoms with Gasteiger partial charge in [0, 0.05) is 98.6 Å². The maximum absolute atomic E-state index is 13.0. The van der Waals surface area contributed by atoms with Crippen LogP contribution in [0.25, 0.3) is 134 Å². The minimum Gasteiger partial charge on any atom is -0.574 e. The minimum absolute atomic E-state index is 0. The van der Waals surface area contributed by atoms with Gasteiger partial charge >= 0.3 is 81.7 Å². The van der Waals surface area contributed by atoms with Gasteiger partial charge in [-0.15, -0.1) is 0 Å². The van der Waals surface area contributed by atoms with Crippen LogP contribution in [0, 0.1) is 20.8 Å². The van der Waals surface area contributed by atoms with Crippen molar-refractivity contribution in [2.45, 2.75) is 184 Å². The average Bonchev–Trinajstić information content (AvgIpc) is 1.48. The molecule has 12 heterocycles. The Morgan fingerprint density at radius 2 is 0.603 bits per heavy atom. The number of benzene rings is 6. The van der Waals surface area contributed by atoms with Gasteiger partial charge in [0.25, 0.3) is 0 Å². The molecule has 0 radical (unpaired) electrons. The molecule has 0 aliphatic rings. The number of hydrogen-bond acceptors (Lipinski definition) is 15. The molecular formula is C103H98F9N21Pt3. The van der Waals surface area contributed by atoms with Crippen LogP contribution in [0.1, 0.15) is 213 Å². The second-order valence-electron chi connectivity index (χ2n) is 34.7. The SMILES string of the molecule is CC(C)c1cccc(C(C)C)c1-c1ccc2c(-c3nc(C(F)(F)F)n[n-]3)nccc2c1.CC(C)c1cccc(C(C)C)c1-c1cnc(-c2nc(C(F)(F)F)n[n-]2)c2ccccc12.CC(C)c1cccc(C(C)C)c1-c1cnc(-c2nc(C(F)(F)F)n[n-]2)c2ccccc12.Cc1cc(-c2cc(C(C)(C)C)ccn2)[n-]n1.Cc1cc(-c2ccccn2)[n-]n1.Cc1cc(-c2ccccn2)[n-]n1.[Pt+2].[Pt+2].[Pt+2]. The minimum atomic E-state index is -4.65. The van der Waals surface area contributed by atoms with Gasteiger partial charge in [-0.05, 0) is 205 Å². The summed E-state index contributed by atoms with van der Waals surface area (Å²) in [6.07, 6.45) is -3.62. The summed E-state index contributed by atoms with van der Waals surface area (Å²) in [5.41, 5.74) is 24.0. The average molecular weight is 2390 g/mol. The first-order chi connectivity index (χ1) is 63.2. The summed E-state index contributed by atoms with van der Waals surface area (Å²) < 4.78 is 117. The van der Waals surface area contributed by atoms with Crippen LogP contribution in [0.3, 0.4) is 0 Å². The molecule has 0 spiro atoms. The summed E-state index contributed by atoms with van der Waals surface area (Å²) in [5, 5.41) is 49.0. The predicted molar refractivity (Wildman–Crippen MR) is 499 cm³/mol. The summed E-state index contributed by atoms with van der Waals surface area (Å²) >= 11 is 0. The van der Waals surface area contributed by atoms with E-state index in [1.54, 1.807) is 31.0 Å². The molecule has 0 amide bonds.